The van der Waals surface area contributed by atoms with Crippen molar-refractivity contribution in [3.63, 3.8) is 0 Å². The minimum atomic E-state index is -0.0658. The first kappa shape index (κ1) is 16.8. The molecule has 3 heterocycles. The summed E-state index contributed by atoms with van der Waals surface area (Å²) in [5, 5.41) is 6.60. The van der Waals surface area contributed by atoms with Gasteiger partial charge in [0, 0.05) is 25.6 Å². The van der Waals surface area contributed by atoms with Crippen molar-refractivity contribution < 1.29 is 9.32 Å². The van der Waals surface area contributed by atoms with Crippen molar-refractivity contribution in [2.24, 2.45) is 7.05 Å². The molecule has 7 heteroatoms. The van der Waals surface area contributed by atoms with Crippen LogP contribution in [0.5, 0.6) is 0 Å². The number of benzene rings is 1. The molecule has 1 aliphatic rings. The number of likely N-dealkylation sites (tertiary alicyclic amines) is 1. The number of hydrogen-bond acceptors (Lipinski definition) is 5. The maximum Gasteiger partial charge on any atom is 0.239 e. The molecular formula is C19H23N5O2. The molecule has 7 nitrogen and oxygen atoms in total. The second kappa shape index (κ2) is 6.92. The van der Waals surface area contributed by atoms with E-state index in [1.807, 2.05) is 18.2 Å². The summed E-state index contributed by atoms with van der Waals surface area (Å²) in [4.78, 5) is 19.3. The Morgan fingerprint density at radius 1 is 1.38 bits per heavy atom. The molecule has 3 aromatic rings. The summed E-state index contributed by atoms with van der Waals surface area (Å²) in [5.41, 5.74) is 2.18. The largest absolute Gasteiger partial charge is 0.360 e. The molecule has 26 heavy (non-hydrogen) atoms. The fourth-order valence-corrected chi connectivity index (χ4v) is 3.75. The molecule has 1 aromatic carbocycles. The predicted molar refractivity (Wildman–Crippen MR) is 99.0 cm³/mol. The lowest BCUT2D eigenvalue weighted by molar-refractivity contribution is -0.117. The van der Waals surface area contributed by atoms with E-state index in [0.29, 0.717) is 24.0 Å². The molecule has 0 saturated carbocycles. The van der Waals surface area contributed by atoms with Crippen LogP contribution in [0.15, 0.2) is 34.9 Å². The lowest BCUT2D eigenvalue weighted by Gasteiger charge is -2.31. The first-order chi connectivity index (χ1) is 12.6. The maximum absolute atomic E-state index is 12.3. The van der Waals surface area contributed by atoms with Crippen molar-refractivity contribution in [3.05, 3.63) is 41.9 Å². The van der Waals surface area contributed by atoms with Gasteiger partial charge in [-0.05, 0) is 38.4 Å². The molecule has 136 valence electrons. The Labute approximate surface area is 152 Å². The zero-order chi connectivity index (χ0) is 18.1. The number of nitrogens with zero attached hydrogens (tertiary/aromatic N) is 4. The van der Waals surface area contributed by atoms with Gasteiger partial charge in [0.15, 0.2) is 5.82 Å². The number of rotatable bonds is 4. The third-order valence-electron chi connectivity index (χ3n) is 4.96. The van der Waals surface area contributed by atoms with Crippen LogP contribution in [0.1, 0.15) is 30.3 Å². The Morgan fingerprint density at radius 3 is 3.00 bits per heavy atom. The average molecular weight is 353 g/mol. The fourth-order valence-electron chi connectivity index (χ4n) is 3.75. The molecule has 0 aliphatic carbocycles. The molecular weight excluding hydrogens is 330 g/mol. The second-order valence-electron chi connectivity index (χ2n) is 6.96. The topological polar surface area (TPSA) is 76.2 Å². The van der Waals surface area contributed by atoms with Crippen LogP contribution in [-0.2, 0) is 11.8 Å². The predicted octanol–water partition coefficient (Wildman–Crippen LogP) is 2.69. The van der Waals surface area contributed by atoms with Gasteiger partial charge in [-0.1, -0.05) is 17.3 Å². The molecule has 1 aliphatic heterocycles. The van der Waals surface area contributed by atoms with E-state index in [0.717, 1.165) is 42.8 Å². The summed E-state index contributed by atoms with van der Waals surface area (Å²) in [6.07, 6.45) is 2.15. The van der Waals surface area contributed by atoms with Crippen molar-refractivity contribution in [3.8, 4) is 0 Å². The quantitative estimate of drug-likeness (QED) is 0.780. The number of nitrogens with one attached hydrogen (secondary N) is 1. The van der Waals surface area contributed by atoms with Gasteiger partial charge in [-0.3, -0.25) is 9.69 Å². The van der Waals surface area contributed by atoms with Crippen LogP contribution in [0, 0.1) is 6.92 Å². The molecule has 1 fully saturated rings. The monoisotopic (exact) mass is 353 g/mol. The van der Waals surface area contributed by atoms with E-state index in [-0.39, 0.29) is 5.91 Å². The van der Waals surface area contributed by atoms with Gasteiger partial charge in [-0.15, -0.1) is 0 Å². The number of imidazole rings is 1. The Kier molecular flexibility index (Phi) is 4.46. The number of hydrogen-bond donors (Lipinski definition) is 1. The first-order valence-corrected chi connectivity index (χ1v) is 8.97. The second-order valence-corrected chi connectivity index (χ2v) is 6.96. The van der Waals surface area contributed by atoms with Crippen LogP contribution >= 0.6 is 0 Å². The highest BCUT2D eigenvalue weighted by molar-refractivity contribution is 5.91. The van der Waals surface area contributed by atoms with E-state index in [1.165, 1.54) is 0 Å². The van der Waals surface area contributed by atoms with Crippen LogP contribution < -0.4 is 5.32 Å². The van der Waals surface area contributed by atoms with Crippen molar-refractivity contribution >= 4 is 22.8 Å². The van der Waals surface area contributed by atoms with Crippen LogP contribution in [0.2, 0.25) is 0 Å². The number of amides is 1. The highest BCUT2D eigenvalue weighted by Crippen LogP contribution is 2.28. The van der Waals surface area contributed by atoms with E-state index in [1.54, 1.807) is 13.0 Å². The summed E-state index contributed by atoms with van der Waals surface area (Å²) in [5.74, 6) is 2.52. The zero-order valence-corrected chi connectivity index (χ0v) is 15.1. The van der Waals surface area contributed by atoms with Crippen LogP contribution in [0.4, 0.5) is 5.82 Å². The molecule has 2 aromatic heterocycles. The van der Waals surface area contributed by atoms with Crippen molar-refractivity contribution in [1.29, 1.82) is 0 Å². The van der Waals surface area contributed by atoms with E-state index >= 15 is 0 Å². The van der Waals surface area contributed by atoms with E-state index in [2.05, 4.69) is 33.1 Å². The number of para-hydroxylation sites is 2. The molecule has 1 amide bonds. The lowest BCUT2D eigenvalue weighted by atomic mass is 9.97. The smallest absolute Gasteiger partial charge is 0.239 e. The highest BCUT2D eigenvalue weighted by Gasteiger charge is 2.26. The molecule has 0 unspecified atom stereocenters. The van der Waals surface area contributed by atoms with Gasteiger partial charge in [0.2, 0.25) is 5.91 Å². The van der Waals surface area contributed by atoms with Gasteiger partial charge in [0.05, 0.1) is 17.6 Å². The van der Waals surface area contributed by atoms with E-state index in [9.17, 15) is 4.79 Å². The third kappa shape index (κ3) is 3.35. The molecule has 0 spiro atoms. The number of carbonyl (C=O) groups excluding carboxylic acids is 1. The van der Waals surface area contributed by atoms with E-state index < -0.39 is 0 Å². The Morgan fingerprint density at radius 2 is 2.23 bits per heavy atom. The van der Waals surface area contributed by atoms with Gasteiger partial charge in [0.25, 0.3) is 0 Å². The number of aryl methyl sites for hydroxylation is 2. The third-order valence-corrected chi connectivity index (χ3v) is 4.96. The summed E-state index contributed by atoms with van der Waals surface area (Å²) >= 11 is 0. The normalized spacial score (nSPS) is 18.3. The standard InChI is InChI=1S/C19H23N5O2/c1-13-10-17(22-26-13)21-18(25)12-24-9-5-6-14(11-24)19-20-15-7-3-4-8-16(15)23(19)2/h3-4,7-8,10,14H,5-6,9,11-12H2,1-2H3,(H,21,22,25)/t14-/m1/s1. The molecule has 1 N–H and O–H groups in total. The molecule has 1 atom stereocenters. The summed E-state index contributed by atoms with van der Waals surface area (Å²) < 4.78 is 7.17. The number of fused-ring (bicyclic) bond motifs is 1. The number of piperidine rings is 1. The van der Waals surface area contributed by atoms with Crippen molar-refractivity contribution in [2.75, 3.05) is 25.0 Å². The van der Waals surface area contributed by atoms with Crippen molar-refractivity contribution in [2.45, 2.75) is 25.7 Å². The fraction of sp³-hybridized carbons (Fsp3) is 0.421. The summed E-state index contributed by atoms with van der Waals surface area (Å²) in [6.45, 7) is 3.91. The first-order valence-electron chi connectivity index (χ1n) is 8.97. The van der Waals surface area contributed by atoms with Gasteiger partial charge < -0.3 is 14.4 Å². The Hall–Kier alpha value is -2.67. The molecule has 4 rings (SSSR count). The van der Waals surface area contributed by atoms with E-state index in [4.69, 9.17) is 9.51 Å². The van der Waals surface area contributed by atoms with Crippen LogP contribution in [0.3, 0.4) is 0 Å². The van der Waals surface area contributed by atoms with Crippen molar-refractivity contribution in [1.82, 2.24) is 19.6 Å². The minimum absolute atomic E-state index is 0.0658. The van der Waals surface area contributed by atoms with Gasteiger partial charge >= 0.3 is 0 Å². The Bertz CT molecular complexity index is 929. The molecule has 0 radical (unpaired) electrons. The van der Waals surface area contributed by atoms with Crippen LogP contribution in [-0.4, -0.2) is 45.1 Å². The van der Waals surface area contributed by atoms with Gasteiger partial charge in [-0.2, -0.15) is 0 Å². The van der Waals surface area contributed by atoms with Gasteiger partial charge in [-0.25, -0.2) is 4.98 Å². The van der Waals surface area contributed by atoms with Gasteiger partial charge in [0.1, 0.15) is 11.6 Å². The number of carbonyl (C=O) groups is 1. The number of anilines is 1. The van der Waals surface area contributed by atoms with Crippen LogP contribution in [0.25, 0.3) is 11.0 Å². The maximum atomic E-state index is 12.3. The zero-order valence-electron chi connectivity index (χ0n) is 15.1. The summed E-state index contributed by atoms with van der Waals surface area (Å²) in [7, 11) is 2.07. The summed E-state index contributed by atoms with van der Waals surface area (Å²) in [6, 6.07) is 9.92. The lowest BCUT2D eigenvalue weighted by Crippen LogP contribution is -2.40. The molecule has 0 bridgehead atoms. The average Bonchev–Trinajstić information content (AvgIpc) is 3.19. The minimum Gasteiger partial charge on any atom is -0.360 e. The SMILES string of the molecule is Cc1cc(NC(=O)CN2CCC[C@@H](c3nc4ccccc4n3C)C2)no1. The molecule has 1 saturated heterocycles. The highest BCUT2D eigenvalue weighted by atomic mass is 16.5. The Balaban J connectivity index is 1.43. The number of aromatic nitrogens is 3.